The maximum atomic E-state index is 5.46. The van der Waals surface area contributed by atoms with Crippen molar-refractivity contribution in [2.45, 2.75) is 64.2 Å². The zero-order valence-electron chi connectivity index (χ0n) is 12.8. The number of halogens is 1. The van der Waals surface area contributed by atoms with E-state index in [9.17, 15) is 0 Å². The summed E-state index contributed by atoms with van der Waals surface area (Å²) in [6.07, 6.45) is 11.2. The molecule has 0 atom stereocenters. The maximum Gasteiger partial charge on any atom is 0.132 e. The number of benzene rings is 1. The van der Waals surface area contributed by atoms with Gasteiger partial charge in [0.05, 0.1) is 10.7 Å². The van der Waals surface area contributed by atoms with Gasteiger partial charge < -0.3 is 4.74 Å². The van der Waals surface area contributed by atoms with Crippen LogP contribution in [0.15, 0.2) is 18.2 Å². The third-order valence-electron chi connectivity index (χ3n) is 4.71. The molecule has 2 rings (SSSR count). The van der Waals surface area contributed by atoms with Crippen molar-refractivity contribution in [3.05, 3.63) is 27.3 Å². The SMILES string of the molecule is CCCCC[C@H]1CC[C@H](c2ccc(I)c(OC)c2)CC1. The number of rotatable bonds is 6. The Labute approximate surface area is 137 Å². The van der Waals surface area contributed by atoms with Gasteiger partial charge in [-0.05, 0) is 77.8 Å². The van der Waals surface area contributed by atoms with Crippen molar-refractivity contribution in [1.82, 2.24) is 0 Å². The fraction of sp³-hybridized carbons (Fsp3) is 0.667. The van der Waals surface area contributed by atoms with Crippen LogP contribution in [-0.2, 0) is 0 Å². The number of ether oxygens (including phenoxy) is 1. The van der Waals surface area contributed by atoms with Gasteiger partial charge in [0.15, 0.2) is 0 Å². The minimum atomic E-state index is 0.753. The Morgan fingerprint density at radius 3 is 2.55 bits per heavy atom. The average molecular weight is 386 g/mol. The molecule has 112 valence electrons. The van der Waals surface area contributed by atoms with Gasteiger partial charge >= 0.3 is 0 Å². The summed E-state index contributed by atoms with van der Waals surface area (Å²) in [5.74, 6) is 2.78. The Morgan fingerprint density at radius 1 is 1.15 bits per heavy atom. The van der Waals surface area contributed by atoms with Crippen LogP contribution < -0.4 is 4.74 Å². The lowest BCUT2D eigenvalue weighted by molar-refractivity contribution is 0.302. The van der Waals surface area contributed by atoms with Gasteiger partial charge in [-0.15, -0.1) is 0 Å². The zero-order valence-corrected chi connectivity index (χ0v) is 15.0. The van der Waals surface area contributed by atoms with E-state index >= 15 is 0 Å². The Morgan fingerprint density at radius 2 is 1.90 bits per heavy atom. The monoisotopic (exact) mass is 386 g/mol. The average Bonchev–Trinajstić information content (AvgIpc) is 2.49. The van der Waals surface area contributed by atoms with Crippen molar-refractivity contribution < 1.29 is 4.74 Å². The van der Waals surface area contributed by atoms with E-state index in [1.165, 1.54) is 60.5 Å². The lowest BCUT2D eigenvalue weighted by atomic mass is 9.77. The van der Waals surface area contributed by atoms with Crippen LogP contribution in [0.1, 0.15) is 69.8 Å². The normalized spacial score (nSPS) is 22.8. The molecule has 1 aromatic carbocycles. The van der Waals surface area contributed by atoms with Crippen LogP contribution in [0.5, 0.6) is 5.75 Å². The van der Waals surface area contributed by atoms with Crippen molar-refractivity contribution in [2.75, 3.05) is 7.11 Å². The van der Waals surface area contributed by atoms with Crippen molar-refractivity contribution in [3.63, 3.8) is 0 Å². The molecular formula is C18H27IO. The number of unbranched alkanes of at least 4 members (excludes halogenated alkanes) is 2. The molecule has 20 heavy (non-hydrogen) atoms. The molecule has 1 saturated carbocycles. The molecule has 0 saturated heterocycles. The van der Waals surface area contributed by atoms with E-state index in [1.54, 1.807) is 7.11 Å². The van der Waals surface area contributed by atoms with Gasteiger partial charge in [0, 0.05) is 0 Å². The summed E-state index contributed by atoms with van der Waals surface area (Å²) >= 11 is 2.34. The second-order valence-corrected chi connectivity index (χ2v) is 7.27. The van der Waals surface area contributed by atoms with Crippen LogP contribution in [0.3, 0.4) is 0 Å². The van der Waals surface area contributed by atoms with Crippen LogP contribution >= 0.6 is 22.6 Å². The molecule has 0 unspecified atom stereocenters. The Bertz CT molecular complexity index is 408. The van der Waals surface area contributed by atoms with Crippen molar-refractivity contribution in [1.29, 1.82) is 0 Å². The standard InChI is InChI=1S/C18H27IO/c1-3-4-5-6-14-7-9-15(10-8-14)16-11-12-17(19)18(13-16)20-2/h11-15H,3-10H2,1-2H3/t14-,15-. The molecule has 0 amide bonds. The smallest absolute Gasteiger partial charge is 0.132 e. The molecule has 0 radical (unpaired) electrons. The maximum absolute atomic E-state index is 5.46. The Hall–Kier alpha value is -0.250. The van der Waals surface area contributed by atoms with Crippen LogP contribution in [0, 0.1) is 9.49 Å². The molecule has 2 heteroatoms. The van der Waals surface area contributed by atoms with Gasteiger partial charge in [-0.3, -0.25) is 0 Å². The first-order chi connectivity index (χ1) is 9.74. The minimum absolute atomic E-state index is 0.753. The van der Waals surface area contributed by atoms with E-state index in [0.717, 1.165) is 17.6 Å². The summed E-state index contributed by atoms with van der Waals surface area (Å²) in [5.41, 5.74) is 1.48. The van der Waals surface area contributed by atoms with Gasteiger partial charge in [-0.2, -0.15) is 0 Å². The van der Waals surface area contributed by atoms with Gasteiger partial charge in [0.25, 0.3) is 0 Å². The predicted molar refractivity (Wildman–Crippen MR) is 94.6 cm³/mol. The molecule has 0 aromatic heterocycles. The zero-order chi connectivity index (χ0) is 14.4. The minimum Gasteiger partial charge on any atom is -0.496 e. The summed E-state index contributed by atoms with van der Waals surface area (Å²) in [7, 11) is 1.77. The summed E-state index contributed by atoms with van der Waals surface area (Å²) in [5, 5.41) is 0. The molecule has 1 aromatic rings. The summed E-state index contributed by atoms with van der Waals surface area (Å²) < 4.78 is 6.67. The van der Waals surface area contributed by atoms with Crippen LogP contribution in [0.4, 0.5) is 0 Å². The van der Waals surface area contributed by atoms with Crippen LogP contribution in [-0.4, -0.2) is 7.11 Å². The number of methoxy groups -OCH3 is 1. The van der Waals surface area contributed by atoms with Crippen molar-refractivity contribution in [3.8, 4) is 5.75 Å². The summed E-state index contributed by atoms with van der Waals surface area (Å²) in [6.45, 7) is 2.29. The van der Waals surface area contributed by atoms with Gasteiger partial charge in [0.1, 0.15) is 5.75 Å². The second-order valence-electron chi connectivity index (χ2n) is 6.11. The molecular weight excluding hydrogens is 359 g/mol. The third kappa shape index (κ3) is 4.37. The molecule has 1 aliphatic rings. The van der Waals surface area contributed by atoms with E-state index in [-0.39, 0.29) is 0 Å². The highest BCUT2D eigenvalue weighted by Gasteiger charge is 2.22. The fourth-order valence-electron chi connectivity index (χ4n) is 3.40. The molecule has 0 N–H and O–H groups in total. The molecule has 0 heterocycles. The quantitative estimate of drug-likeness (QED) is 0.421. The van der Waals surface area contributed by atoms with Gasteiger partial charge in [-0.25, -0.2) is 0 Å². The highest BCUT2D eigenvalue weighted by Crippen LogP contribution is 2.39. The van der Waals surface area contributed by atoms with Crippen LogP contribution in [0.25, 0.3) is 0 Å². The highest BCUT2D eigenvalue weighted by molar-refractivity contribution is 14.1. The largest absolute Gasteiger partial charge is 0.496 e. The lowest BCUT2D eigenvalue weighted by Crippen LogP contribution is -2.13. The van der Waals surface area contributed by atoms with Crippen LogP contribution in [0.2, 0.25) is 0 Å². The van der Waals surface area contributed by atoms with Gasteiger partial charge in [0.2, 0.25) is 0 Å². The molecule has 1 aliphatic carbocycles. The lowest BCUT2D eigenvalue weighted by Gasteiger charge is -2.29. The van der Waals surface area contributed by atoms with E-state index in [2.05, 4.69) is 47.7 Å². The number of hydrogen-bond donors (Lipinski definition) is 0. The fourth-order valence-corrected chi connectivity index (χ4v) is 3.95. The molecule has 0 spiro atoms. The first-order valence-electron chi connectivity index (χ1n) is 8.08. The molecule has 0 aliphatic heterocycles. The van der Waals surface area contributed by atoms with E-state index < -0.39 is 0 Å². The second kappa shape index (κ2) is 8.26. The molecule has 0 bridgehead atoms. The molecule has 1 fully saturated rings. The molecule has 1 nitrogen and oxygen atoms in total. The highest BCUT2D eigenvalue weighted by atomic mass is 127. The van der Waals surface area contributed by atoms with E-state index in [0.29, 0.717) is 0 Å². The van der Waals surface area contributed by atoms with Crippen molar-refractivity contribution >= 4 is 22.6 Å². The third-order valence-corrected chi connectivity index (χ3v) is 5.60. The summed E-state index contributed by atoms with van der Waals surface area (Å²) in [6, 6.07) is 6.75. The Balaban J connectivity index is 1.87. The number of hydrogen-bond acceptors (Lipinski definition) is 1. The topological polar surface area (TPSA) is 9.23 Å². The van der Waals surface area contributed by atoms with E-state index in [4.69, 9.17) is 4.74 Å². The first kappa shape index (κ1) is 16.1. The van der Waals surface area contributed by atoms with E-state index in [1.807, 2.05) is 0 Å². The summed E-state index contributed by atoms with van der Waals surface area (Å²) in [4.78, 5) is 0. The van der Waals surface area contributed by atoms with Gasteiger partial charge in [-0.1, -0.05) is 38.7 Å². The Kier molecular flexibility index (Phi) is 6.66. The van der Waals surface area contributed by atoms with Crippen molar-refractivity contribution in [2.24, 2.45) is 5.92 Å². The first-order valence-corrected chi connectivity index (χ1v) is 9.16. The predicted octanol–water partition coefficient (Wildman–Crippen LogP) is 6.15.